The Labute approximate surface area is 181 Å². The Kier molecular flexibility index (Phi) is 9.54. The first-order valence-electron chi connectivity index (χ1n) is 9.93. The molecule has 1 aromatic rings. The highest BCUT2D eigenvalue weighted by Gasteiger charge is 2.35. The lowest BCUT2D eigenvalue weighted by molar-refractivity contribution is -0.136. The number of carbonyl (C=O) groups is 1. The van der Waals surface area contributed by atoms with E-state index in [1.807, 2.05) is 6.07 Å². The van der Waals surface area contributed by atoms with Gasteiger partial charge in [0, 0.05) is 18.8 Å². The van der Waals surface area contributed by atoms with Crippen LogP contribution in [0.5, 0.6) is 0 Å². The van der Waals surface area contributed by atoms with E-state index in [-0.39, 0.29) is 60.9 Å². The SMILES string of the molecule is CC1CN(C(C(=O)NC2CCCc3cc(N)ccc32)C(C)C)CC(C)O1.Cl.Cl. The van der Waals surface area contributed by atoms with Crippen LogP contribution in [0.4, 0.5) is 5.69 Å². The molecule has 1 aliphatic heterocycles. The van der Waals surface area contributed by atoms with E-state index in [4.69, 9.17) is 10.5 Å². The molecule has 1 amide bonds. The van der Waals surface area contributed by atoms with E-state index in [1.165, 1.54) is 11.1 Å². The molecule has 3 N–H and O–H groups in total. The normalized spacial score (nSPS) is 25.8. The first-order chi connectivity index (χ1) is 12.3. The van der Waals surface area contributed by atoms with Crippen molar-refractivity contribution in [2.45, 2.75) is 71.2 Å². The van der Waals surface area contributed by atoms with E-state index >= 15 is 0 Å². The molecule has 4 atom stereocenters. The molecule has 1 heterocycles. The number of nitrogens with zero attached hydrogens (tertiary/aromatic N) is 1. The zero-order valence-electron chi connectivity index (χ0n) is 17.3. The summed E-state index contributed by atoms with van der Waals surface area (Å²) in [7, 11) is 0. The summed E-state index contributed by atoms with van der Waals surface area (Å²) in [4.78, 5) is 15.5. The first kappa shape index (κ1) is 25.0. The van der Waals surface area contributed by atoms with Crippen LogP contribution in [0.2, 0.25) is 0 Å². The first-order valence-corrected chi connectivity index (χ1v) is 9.93. The van der Waals surface area contributed by atoms with Crippen LogP contribution in [0, 0.1) is 5.92 Å². The number of hydrogen-bond donors (Lipinski definition) is 2. The van der Waals surface area contributed by atoms with Gasteiger partial charge in [0.15, 0.2) is 0 Å². The Balaban J connectivity index is 0.00000196. The van der Waals surface area contributed by atoms with Gasteiger partial charge in [-0.2, -0.15) is 0 Å². The molecular formula is C21H35Cl2N3O2. The van der Waals surface area contributed by atoms with Crippen molar-refractivity contribution in [3.63, 3.8) is 0 Å². The van der Waals surface area contributed by atoms with Gasteiger partial charge in [0.05, 0.1) is 24.3 Å². The molecule has 1 saturated heterocycles. The van der Waals surface area contributed by atoms with Crippen LogP contribution in [-0.4, -0.2) is 42.1 Å². The lowest BCUT2D eigenvalue weighted by Gasteiger charge is -2.41. The maximum atomic E-state index is 13.2. The Bertz CT molecular complexity index is 647. The summed E-state index contributed by atoms with van der Waals surface area (Å²) in [6.07, 6.45) is 3.43. The number of ether oxygens (including phenoxy) is 1. The highest BCUT2D eigenvalue weighted by molar-refractivity contribution is 5.85. The fourth-order valence-corrected chi connectivity index (χ4v) is 4.58. The van der Waals surface area contributed by atoms with Crippen LogP contribution in [0.1, 0.15) is 57.7 Å². The molecule has 1 aliphatic carbocycles. The molecular weight excluding hydrogens is 397 g/mol. The quantitative estimate of drug-likeness (QED) is 0.712. The topological polar surface area (TPSA) is 67.6 Å². The second-order valence-corrected chi connectivity index (χ2v) is 8.31. The number of carbonyl (C=O) groups excluding carboxylic acids is 1. The van der Waals surface area contributed by atoms with Gasteiger partial charge < -0.3 is 15.8 Å². The molecule has 2 aliphatic rings. The Hall–Kier alpha value is -1.01. The largest absolute Gasteiger partial charge is 0.399 e. The van der Waals surface area contributed by atoms with E-state index in [1.54, 1.807) is 0 Å². The van der Waals surface area contributed by atoms with Crippen molar-refractivity contribution in [2.75, 3.05) is 18.8 Å². The summed E-state index contributed by atoms with van der Waals surface area (Å²) < 4.78 is 5.85. The minimum absolute atomic E-state index is 0. The minimum atomic E-state index is -0.122. The predicted octanol–water partition coefficient (Wildman–Crippen LogP) is 3.74. The molecule has 4 unspecified atom stereocenters. The number of halogens is 2. The second kappa shape index (κ2) is 10.7. The van der Waals surface area contributed by atoms with Gasteiger partial charge in [-0.25, -0.2) is 0 Å². The summed E-state index contributed by atoms with van der Waals surface area (Å²) in [5.74, 6) is 0.387. The van der Waals surface area contributed by atoms with Gasteiger partial charge >= 0.3 is 0 Å². The lowest BCUT2D eigenvalue weighted by atomic mass is 9.87. The molecule has 28 heavy (non-hydrogen) atoms. The fraction of sp³-hybridized carbons (Fsp3) is 0.667. The zero-order chi connectivity index (χ0) is 18.8. The average Bonchev–Trinajstić information content (AvgIpc) is 2.53. The highest BCUT2D eigenvalue weighted by Crippen LogP contribution is 2.31. The monoisotopic (exact) mass is 431 g/mol. The van der Waals surface area contributed by atoms with Crippen LogP contribution >= 0.6 is 24.8 Å². The van der Waals surface area contributed by atoms with Crippen molar-refractivity contribution in [2.24, 2.45) is 5.92 Å². The average molecular weight is 432 g/mol. The van der Waals surface area contributed by atoms with Gasteiger partial charge in [0.2, 0.25) is 5.91 Å². The standard InChI is InChI=1S/C21H33N3O2.2ClH/c1-13(2)20(24-11-14(3)26-15(4)12-24)21(25)23-19-7-5-6-16-10-17(22)8-9-18(16)19;;/h8-10,13-15,19-20H,5-7,11-12,22H2,1-4H3,(H,23,25);2*1H. The van der Waals surface area contributed by atoms with Gasteiger partial charge in [-0.3, -0.25) is 9.69 Å². The fourth-order valence-electron chi connectivity index (χ4n) is 4.58. The van der Waals surface area contributed by atoms with Crippen LogP contribution in [0.3, 0.4) is 0 Å². The number of benzene rings is 1. The van der Waals surface area contributed by atoms with E-state index < -0.39 is 0 Å². The van der Waals surface area contributed by atoms with Crippen molar-refractivity contribution in [3.05, 3.63) is 29.3 Å². The molecule has 0 saturated carbocycles. The Morgan fingerprint density at radius 1 is 1.21 bits per heavy atom. The maximum absolute atomic E-state index is 13.2. The van der Waals surface area contributed by atoms with E-state index in [0.717, 1.165) is 38.0 Å². The van der Waals surface area contributed by atoms with Crippen molar-refractivity contribution in [1.29, 1.82) is 0 Å². The minimum Gasteiger partial charge on any atom is -0.399 e. The van der Waals surface area contributed by atoms with E-state index in [0.29, 0.717) is 0 Å². The number of aryl methyl sites for hydroxylation is 1. The van der Waals surface area contributed by atoms with E-state index in [2.05, 4.69) is 50.0 Å². The van der Waals surface area contributed by atoms with E-state index in [9.17, 15) is 4.79 Å². The number of morpholine rings is 1. The van der Waals surface area contributed by atoms with Crippen LogP contribution in [-0.2, 0) is 16.0 Å². The molecule has 0 bridgehead atoms. The van der Waals surface area contributed by atoms with Crippen molar-refractivity contribution >= 4 is 36.4 Å². The predicted molar refractivity (Wildman–Crippen MR) is 119 cm³/mol. The van der Waals surface area contributed by atoms with Gasteiger partial charge in [0.25, 0.3) is 0 Å². The third kappa shape index (κ3) is 5.76. The molecule has 5 nitrogen and oxygen atoms in total. The summed E-state index contributed by atoms with van der Waals surface area (Å²) in [5.41, 5.74) is 9.23. The third-order valence-electron chi connectivity index (χ3n) is 5.54. The molecule has 160 valence electrons. The number of hydrogen-bond acceptors (Lipinski definition) is 4. The van der Waals surface area contributed by atoms with Crippen LogP contribution < -0.4 is 11.1 Å². The summed E-state index contributed by atoms with van der Waals surface area (Å²) >= 11 is 0. The number of rotatable bonds is 4. The number of nitrogen functional groups attached to an aromatic ring is 1. The second-order valence-electron chi connectivity index (χ2n) is 8.31. The Morgan fingerprint density at radius 3 is 2.46 bits per heavy atom. The lowest BCUT2D eigenvalue weighted by Crippen LogP contribution is -2.57. The van der Waals surface area contributed by atoms with Gasteiger partial charge in [-0.1, -0.05) is 19.9 Å². The highest BCUT2D eigenvalue weighted by atomic mass is 35.5. The molecule has 1 fully saturated rings. The van der Waals surface area contributed by atoms with Crippen LogP contribution in [0.25, 0.3) is 0 Å². The van der Waals surface area contributed by atoms with Gasteiger partial charge in [0.1, 0.15) is 0 Å². The van der Waals surface area contributed by atoms with Crippen molar-refractivity contribution in [3.8, 4) is 0 Å². The molecule has 1 aromatic carbocycles. The summed E-state index contributed by atoms with van der Waals surface area (Å²) in [6, 6.07) is 6.04. The number of amides is 1. The van der Waals surface area contributed by atoms with Gasteiger partial charge in [-0.15, -0.1) is 24.8 Å². The molecule has 7 heteroatoms. The number of fused-ring (bicyclic) bond motifs is 1. The number of anilines is 1. The molecule has 0 spiro atoms. The number of nitrogens with one attached hydrogen (secondary N) is 1. The zero-order valence-corrected chi connectivity index (χ0v) is 18.9. The number of nitrogens with two attached hydrogens (primary N) is 1. The van der Waals surface area contributed by atoms with Crippen molar-refractivity contribution in [1.82, 2.24) is 10.2 Å². The molecule has 0 aromatic heterocycles. The summed E-state index contributed by atoms with van der Waals surface area (Å²) in [6.45, 7) is 10.0. The third-order valence-corrected chi connectivity index (χ3v) is 5.54. The molecule has 0 radical (unpaired) electrons. The van der Waals surface area contributed by atoms with Gasteiger partial charge in [-0.05, 0) is 62.3 Å². The van der Waals surface area contributed by atoms with Crippen molar-refractivity contribution < 1.29 is 9.53 Å². The Morgan fingerprint density at radius 2 is 1.86 bits per heavy atom. The maximum Gasteiger partial charge on any atom is 0.238 e. The molecule has 3 rings (SSSR count). The van der Waals surface area contributed by atoms with Crippen LogP contribution in [0.15, 0.2) is 18.2 Å². The summed E-state index contributed by atoms with van der Waals surface area (Å²) in [5, 5.41) is 3.34. The smallest absolute Gasteiger partial charge is 0.238 e.